The van der Waals surface area contributed by atoms with E-state index in [9.17, 15) is 9.18 Å². The van der Waals surface area contributed by atoms with Gasteiger partial charge in [-0.25, -0.2) is 4.98 Å². The number of amides is 1. The Morgan fingerprint density at radius 3 is 2.47 bits per heavy atom. The summed E-state index contributed by atoms with van der Waals surface area (Å²) in [4.78, 5) is 15.3. The SMILES string of the molecule is Cc1ccc(C)n1NC(=O)c1cccc(F)n1. The summed E-state index contributed by atoms with van der Waals surface area (Å²) >= 11 is 0. The first-order chi connectivity index (χ1) is 8.08. The zero-order chi connectivity index (χ0) is 12.4. The third-order valence-electron chi connectivity index (χ3n) is 2.43. The maximum atomic E-state index is 12.9. The Hall–Kier alpha value is -2.17. The quantitative estimate of drug-likeness (QED) is 0.807. The van der Waals surface area contributed by atoms with Crippen LogP contribution in [-0.4, -0.2) is 15.6 Å². The van der Waals surface area contributed by atoms with E-state index in [1.807, 2.05) is 26.0 Å². The third kappa shape index (κ3) is 2.33. The molecule has 2 aromatic heterocycles. The van der Waals surface area contributed by atoms with Gasteiger partial charge in [0.25, 0.3) is 5.91 Å². The molecule has 2 aromatic rings. The first kappa shape index (κ1) is 11.3. The molecule has 0 spiro atoms. The second kappa shape index (κ2) is 4.37. The maximum Gasteiger partial charge on any atom is 0.288 e. The van der Waals surface area contributed by atoms with Crippen LogP contribution >= 0.6 is 0 Å². The van der Waals surface area contributed by atoms with Crippen LogP contribution in [0.25, 0.3) is 0 Å². The third-order valence-corrected chi connectivity index (χ3v) is 2.43. The highest BCUT2D eigenvalue weighted by Gasteiger charge is 2.10. The van der Waals surface area contributed by atoms with Crippen molar-refractivity contribution in [3.05, 3.63) is 53.4 Å². The monoisotopic (exact) mass is 233 g/mol. The number of pyridine rings is 1. The molecular weight excluding hydrogens is 221 g/mol. The van der Waals surface area contributed by atoms with Crippen molar-refractivity contribution >= 4 is 5.91 Å². The molecule has 2 rings (SSSR count). The number of rotatable bonds is 2. The van der Waals surface area contributed by atoms with Crippen LogP contribution in [0.2, 0.25) is 0 Å². The largest absolute Gasteiger partial charge is 0.288 e. The van der Waals surface area contributed by atoms with E-state index < -0.39 is 11.9 Å². The van der Waals surface area contributed by atoms with E-state index in [1.54, 1.807) is 4.68 Å². The average Bonchev–Trinajstić information content (AvgIpc) is 2.61. The van der Waals surface area contributed by atoms with E-state index in [1.165, 1.54) is 18.2 Å². The smallest absolute Gasteiger partial charge is 0.266 e. The molecule has 17 heavy (non-hydrogen) atoms. The summed E-state index contributed by atoms with van der Waals surface area (Å²) in [5.41, 5.74) is 4.50. The first-order valence-electron chi connectivity index (χ1n) is 5.17. The van der Waals surface area contributed by atoms with Gasteiger partial charge in [-0.05, 0) is 38.1 Å². The molecule has 2 heterocycles. The molecule has 0 atom stereocenters. The minimum Gasteiger partial charge on any atom is -0.266 e. The molecule has 0 aliphatic rings. The van der Waals surface area contributed by atoms with E-state index in [0.717, 1.165) is 11.4 Å². The van der Waals surface area contributed by atoms with Crippen LogP contribution in [0.15, 0.2) is 30.3 Å². The Balaban J connectivity index is 2.23. The van der Waals surface area contributed by atoms with Gasteiger partial charge in [-0.1, -0.05) is 6.07 Å². The lowest BCUT2D eigenvalue weighted by molar-refractivity contribution is 0.100. The molecule has 4 nitrogen and oxygen atoms in total. The van der Waals surface area contributed by atoms with Crippen LogP contribution in [0.3, 0.4) is 0 Å². The molecule has 0 radical (unpaired) electrons. The Bertz CT molecular complexity index is 543. The predicted octanol–water partition coefficient (Wildman–Crippen LogP) is 2.02. The molecule has 88 valence electrons. The van der Waals surface area contributed by atoms with Crippen molar-refractivity contribution in [2.75, 3.05) is 5.43 Å². The molecule has 0 fully saturated rings. The zero-order valence-corrected chi connectivity index (χ0v) is 9.57. The van der Waals surface area contributed by atoms with Gasteiger partial charge in [0.2, 0.25) is 5.95 Å². The van der Waals surface area contributed by atoms with Gasteiger partial charge in [0.05, 0.1) is 0 Å². The summed E-state index contributed by atoms with van der Waals surface area (Å²) < 4.78 is 14.5. The van der Waals surface area contributed by atoms with Crippen LogP contribution in [0, 0.1) is 19.8 Å². The minimum atomic E-state index is -0.668. The zero-order valence-electron chi connectivity index (χ0n) is 9.57. The Morgan fingerprint density at radius 2 is 1.88 bits per heavy atom. The lowest BCUT2D eigenvalue weighted by Gasteiger charge is -2.10. The van der Waals surface area contributed by atoms with E-state index in [-0.39, 0.29) is 5.69 Å². The lowest BCUT2D eigenvalue weighted by Crippen LogP contribution is -2.25. The van der Waals surface area contributed by atoms with Gasteiger partial charge in [-0.3, -0.25) is 14.9 Å². The minimum absolute atomic E-state index is 0.0532. The van der Waals surface area contributed by atoms with Crippen molar-refractivity contribution in [1.29, 1.82) is 0 Å². The molecule has 0 unspecified atom stereocenters. The summed E-state index contributed by atoms with van der Waals surface area (Å²) in [6, 6.07) is 7.88. The molecule has 0 aliphatic carbocycles. The summed E-state index contributed by atoms with van der Waals surface area (Å²) in [7, 11) is 0. The van der Waals surface area contributed by atoms with Crippen molar-refractivity contribution in [1.82, 2.24) is 9.66 Å². The summed E-state index contributed by atoms with van der Waals surface area (Å²) in [5, 5.41) is 0. The van der Waals surface area contributed by atoms with Gasteiger partial charge in [0, 0.05) is 11.4 Å². The molecule has 0 bridgehead atoms. The molecule has 0 aromatic carbocycles. The molecule has 0 saturated carbocycles. The number of nitrogens with zero attached hydrogens (tertiary/aromatic N) is 2. The lowest BCUT2D eigenvalue weighted by atomic mass is 10.3. The van der Waals surface area contributed by atoms with Gasteiger partial charge >= 0.3 is 0 Å². The second-order valence-electron chi connectivity index (χ2n) is 3.74. The van der Waals surface area contributed by atoms with E-state index in [2.05, 4.69) is 10.4 Å². The number of aromatic nitrogens is 2. The Kier molecular flexibility index (Phi) is 2.91. The highest BCUT2D eigenvalue weighted by atomic mass is 19.1. The summed E-state index contributed by atoms with van der Waals surface area (Å²) in [5.74, 6) is -1.11. The number of carbonyl (C=O) groups excluding carboxylic acids is 1. The summed E-state index contributed by atoms with van der Waals surface area (Å²) in [6.45, 7) is 3.73. The van der Waals surface area contributed by atoms with Crippen molar-refractivity contribution < 1.29 is 9.18 Å². The van der Waals surface area contributed by atoms with Crippen LogP contribution < -0.4 is 5.43 Å². The molecule has 0 saturated heterocycles. The fourth-order valence-electron chi connectivity index (χ4n) is 1.54. The topological polar surface area (TPSA) is 46.9 Å². The van der Waals surface area contributed by atoms with Gasteiger partial charge < -0.3 is 0 Å². The van der Waals surface area contributed by atoms with Crippen molar-refractivity contribution in [3.8, 4) is 0 Å². The molecular formula is C12H12FN3O. The van der Waals surface area contributed by atoms with E-state index >= 15 is 0 Å². The van der Waals surface area contributed by atoms with Crippen LogP contribution in [-0.2, 0) is 0 Å². The van der Waals surface area contributed by atoms with E-state index in [0.29, 0.717) is 0 Å². The fourth-order valence-corrected chi connectivity index (χ4v) is 1.54. The fraction of sp³-hybridized carbons (Fsp3) is 0.167. The molecule has 1 N–H and O–H groups in total. The van der Waals surface area contributed by atoms with Crippen LogP contribution in [0.5, 0.6) is 0 Å². The average molecular weight is 233 g/mol. The second-order valence-corrected chi connectivity index (χ2v) is 3.74. The first-order valence-corrected chi connectivity index (χ1v) is 5.17. The van der Waals surface area contributed by atoms with Gasteiger partial charge in [-0.15, -0.1) is 0 Å². The standard InChI is InChI=1S/C12H12FN3O/c1-8-6-7-9(2)16(8)15-12(17)10-4-3-5-11(13)14-10/h3-7H,1-2H3,(H,15,17). The highest BCUT2D eigenvalue weighted by molar-refractivity contribution is 5.98. The Labute approximate surface area is 98.1 Å². The van der Waals surface area contributed by atoms with Crippen LogP contribution in [0.1, 0.15) is 21.9 Å². The van der Waals surface area contributed by atoms with Gasteiger partial charge in [0.15, 0.2) is 0 Å². The predicted molar refractivity (Wildman–Crippen MR) is 61.8 cm³/mol. The van der Waals surface area contributed by atoms with Crippen molar-refractivity contribution in [2.45, 2.75) is 13.8 Å². The normalized spacial score (nSPS) is 10.3. The molecule has 5 heteroatoms. The highest BCUT2D eigenvalue weighted by Crippen LogP contribution is 2.05. The molecule has 1 amide bonds. The number of carbonyl (C=O) groups is 1. The van der Waals surface area contributed by atoms with Crippen molar-refractivity contribution in [2.24, 2.45) is 0 Å². The number of hydrogen-bond donors (Lipinski definition) is 1. The van der Waals surface area contributed by atoms with Gasteiger partial charge in [0.1, 0.15) is 5.69 Å². The van der Waals surface area contributed by atoms with Gasteiger partial charge in [-0.2, -0.15) is 4.39 Å². The Morgan fingerprint density at radius 1 is 1.24 bits per heavy atom. The number of hydrogen-bond acceptors (Lipinski definition) is 2. The number of nitrogens with one attached hydrogen (secondary N) is 1. The van der Waals surface area contributed by atoms with Crippen molar-refractivity contribution in [3.63, 3.8) is 0 Å². The van der Waals surface area contributed by atoms with Crippen LogP contribution in [0.4, 0.5) is 4.39 Å². The number of aryl methyl sites for hydroxylation is 2. The summed E-state index contributed by atoms with van der Waals surface area (Å²) in [6.07, 6.45) is 0. The molecule has 0 aliphatic heterocycles. The number of halogens is 1. The maximum absolute atomic E-state index is 12.9. The van der Waals surface area contributed by atoms with E-state index in [4.69, 9.17) is 0 Å².